The number of halogens is 1. The number of benzene rings is 1. The molecule has 0 atom stereocenters. The van der Waals surface area contributed by atoms with E-state index in [0.29, 0.717) is 23.3 Å². The summed E-state index contributed by atoms with van der Waals surface area (Å²) in [6.07, 6.45) is 6.67. The van der Waals surface area contributed by atoms with Crippen LogP contribution in [0.15, 0.2) is 36.9 Å². The lowest BCUT2D eigenvalue weighted by Crippen LogP contribution is -2.35. The van der Waals surface area contributed by atoms with Gasteiger partial charge in [0.2, 0.25) is 5.91 Å². The van der Waals surface area contributed by atoms with E-state index >= 15 is 0 Å². The predicted octanol–water partition coefficient (Wildman–Crippen LogP) is 3.29. The number of imidazole rings is 1. The first-order valence-corrected chi connectivity index (χ1v) is 9.50. The van der Waals surface area contributed by atoms with E-state index in [1.165, 1.54) is 6.33 Å². The zero-order chi connectivity index (χ0) is 18.6. The summed E-state index contributed by atoms with van der Waals surface area (Å²) in [7, 11) is 0. The first-order valence-electron chi connectivity index (χ1n) is 9.12. The van der Waals surface area contributed by atoms with Crippen LogP contribution in [0.25, 0.3) is 11.2 Å². The molecule has 2 heterocycles. The van der Waals surface area contributed by atoms with E-state index in [0.717, 1.165) is 42.6 Å². The molecule has 1 aromatic carbocycles. The van der Waals surface area contributed by atoms with Crippen LogP contribution >= 0.6 is 11.6 Å². The van der Waals surface area contributed by atoms with Crippen LogP contribution in [-0.2, 0) is 11.3 Å². The Kier molecular flexibility index (Phi) is 5.20. The molecule has 1 fully saturated rings. The first-order chi connectivity index (χ1) is 13.2. The monoisotopic (exact) mass is 384 g/mol. The van der Waals surface area contributed by atoms with Gasteiger partial charge < -0.3 is 15.6 Å². The number of hydrogen-bond acceptors (Lipinski definition) is 5. The van der Waals surface area contributed by atoms with Crippen molar-refractivity contribution >= 4 is 34.5 Å². The van der Waals surface area contributed by atoms with Crippen molar-refractivity contribution < 1.29 is 4.79 Å². The van der Waals surface area contributed by atoms with Gasteiger partial charge in [-0.05, 0) is 37.3 Å². The number of carbonyl (C=O) groups is 1. The third kappa shape index (κ3) is 4.03. The topological polar surface area (TPSA) is 95.6 Å². The molecule has 2 aromatic heterocycles. The summed E-state index contributed by atoms with van der Waals surface area (Å²) >= 11 is 6.15. The highest BCUT2D eigenvalue weighted by Crippen LogP contribution is 2.28. The number of aromatic nitrogens is 4. The van der Waals surface area contributed by atoms with E-state index in [1.54, 1.807) is 6.33 Å². The van der Waals surface area contributed by atoms with E-state index in [-0.39, 0.29) is 11.8 Å². The highest BCUT2D eigenvalue weighted by molar-refractivity contribution is 6.31. The van der Waals surface area contributed by atoms with Gasteiger partial charge in [-0.3, -0.25) is 4.79 Å². The number of hydrogen-bond donors (Lipinski definition) is 3. The molecule has 1 aliphatic rings. The number of fused-ring (bicyclic) bond motifs is 1. The second-order valence-electron chi connectivity index (χ2n) is 6.83. The number of nitrogens with zero attached hydrogens (tertiary/aromatic N) is 3. The Bertz CT molecular complexity index is 935. The van der Waals surface area contributed by atoms with E-state index in [4.69, 9.17) is 11.6 Å². The summed E-state index contributed by atoms with van der Waals surface area (Å²) < 4.78 is 0. The maximum atomic E-state index is 12.5. The van der Waals surface area contributed by atoms with Gasteiger partial charge in [-0.15, -0.1) is 0 Å². The Morgan fingerprint density at radius 3 is 2.78 bits per heavy atom. The van der Waals surface area contributed by atoms with Crippen LogP contribution in [0.2, 0.25) is 5.02 Å². The minimum atomic E-state index is 0.0445. The van der Waals surface area contributed by atoms with Crippen LogP contribution in [-0.4, -0.2) is 31.9 Å². The van der Waals surface area contributed by atoms with Gasteiger partial charge >= 0.3 is 0 Å². The molecule has 0 spiro atoms. The third-order valence-electron chi connectivity index (χ3n) is 5.07. The molecule has 0 bridgehead atoms. The molecule has 27 heavy (non-hydrogen) atoms. The SMILES string of the molecule is O=C(NCc1ccccc1Cl)C1CCC(Nc2ncnc3nc[nH]c23)CC1. The van der Waals surface area contributed by atoms with Crippen molar-refractivity contribution in [3.63, 3.8) is 0 Å². The fourth-order valence-corrected chi connectivity index (χ4v) is 3.74. The maximum Gasteiger partial charge on any atom is 0.223 e. The average molecular weight is 385 g/mol. The molecular formula is C19H21ClN6O. The molecule has 8 heteroatoms. The molecule has 3 aromatic rings. The molecule has 0 unspecified atom stereocenters. The number of carbonyl (C=O) groups excluding carboxylic acids is 1. The summed E-state index contributed by atoms with van der Waals surface area (Å²) in [6, 6.07) is 7.87. The second-order valence-corrected chi connectivity index (χ2v) is 7.23. The fourth-order valence-electron chi connectivity index (χ4n) is 3.54. The number of rotatable bonds is 5. The van der Waals surface area contributed by atoms with Crippen molar-refractivity contribution in [1.29, 1.82) is 0 Å². The lowest BCUT2D eigenvalue weighted by atomic mass is 9.85. The van der Waals surface area contributed by atoms with Crippen molar-refractivity contribution in [2.45, 2.75) is 38.3 Å². The van der Waals surface area contributed by atoms with Crippen LogP contribution < -0.4 is 10.6 Å². The second kappa shape index (κ2) is 7.92. The zero-order valence-electron chi connectivity index (χ0n) is 14.8. The van der Waals surface area contributed by atoms with Crippen LogP contribution in [0.1, 0.15) is 31.2 Å². The fraction of sp³-hybridized carbons (Fsp3) is 0.368. The van der Waals surface area contributed by atoms with Gasteiger partial charge in [-0.2, -0.15) is 0 Å². The molecule has 140 valence electrons. The van der Waals surface area contributed by atoms with E-state index in [9.17, 15) is 4.79 Å². The minimum Gasteiger partial charge on any atom is -0.365 e. The van der Waals surface area contributed by atoms with Crippen LogP contribution in [0.5, 0.6) is 0 Å². The van der Waals surface area contributed by atoms with Gasteiger partial charge in [-0.1, -0.05) is 29.8 Å². The Hall–Kier alpha value is -2.67. The van der Waals surface area contributed by atoms with E-state index in [2.05, 4.69) is 30.6 Å². The van der Waals surface area contributed by atoms with Gasteiger partial charge in [0.25, 0.3) is 0 Å². The molecule has 4 rings (SSSR count). The normalized spacial score (nSPS) is 19.7. The molecule has 1 saturated carbocycles. The zero-order valence-corrected chi connectivity index (χ0v) is 15.5. The number of amides is 1. The van der Waals surface area contributed by atoms with Gasteiger partial charge in [0.1, 0.15) is 11.8 Å². The van der Waals surface area contributed by atoms with Crippen LogP contribution in [0.3, 0.4) is 0 Å². The molecule has 0 radical (unpaired) electrons. The Morgan fingerprint density at radius 1 is 1.15 bits per heavy atom. The molecule has 1 aliphatic carbocycles. The van der Waals surface area contributed by atoms with Gasteiger partial charge in [0.15, 0.2) is 11.5 Å². The predicted molar refractivity (Wildman–Crippen MR) is 104 cm³/mol. The van der Waals surface area contributed by atoms with Crippen LogP contribution in [0, 0.1) is 5.92 Å². The summed E-state index contributed by atoms with van der Waals surface area (Å²) in [5.41, 5.74) is 2.41. The van der Waals surface area contributed by atoms with E-state index in [1.807, 2.05) is 24.3 Å². The van der Waals surface area contributed by atoms with Gasteiger partial charge in [0, 0.05) is 23.5 Å². The quantitative estimate of drug-likeness (QED) is 0.627. The summed E-state index contributed by atoms with van der Waals surface area (Å²) in [6.45, 7) is 0.468. The average Bonchev–Trinajstić information content (AvgIpc) is 3.18. The van der Waals surface area contributed by atoms with E-state index < -0.39 is 0 Å². The molecule has 1 amide bonds. The van der Waals surface area contributed by atoms with Gasteiger partial charge in [-0.25, -0.2) is 15.0 Å². The van der Waals surface area contributed by atoms with Crippen molar-refractivity contribution in [3.8, 4) is 0 Å². The third-order valence-corrected chi connectivity index (χ3v) is 5.44. The van der Waals surface area contributed by atoms with Crippen molar-refractivity contribution in [2.75, 3.05) is 5.32 Å². The molecule has 7 nitrogen and oxygen atoms in total. The summed E-state index contributed by atoms with van der Waals surface area (Å²) in [5.74, 6) is 0.915. The number of H-pyrrole nitrogens is 1. The number of nitrogens with one attached hydrogen (secondary N) is 3. The maximum absolute atomic E-state index is 12.5. The summed E-state index contributed by atoms with van der Waals surface area (Å²) in [4.78, 5) is 28.1. The number of aromatic amines is 1. The smallest absolute Gasteiger partial charge is 0.223 e. The molecule has 0 saturated heterocycles. The number of anilines is 1. The lowest BCUT2D eigenvalue weighted by molar-refractivity contribution is -0.126. The highest BCUT2D eigenvalue weighted by Gasteiger charge is 2.26. The lowest BCUT2D eigenvalue weighted by Gasteiger charge is -2.28. The first kappa shape index (κ1) is 17.7. The molecule has 0 aliphatic heterocycles. The van der Waals surface area contributed by atoms with Crippen LogP contribution in [0.4, 0.5) is 5.82 Å². The minimum absolute atomic E-state index is 0.0445. The molecular weight excluding hydrogens is 364 g/mol. The Morgan fingerprint density at radius 2 is 1.96 bits per heavy atom. The molecule has 3 N–H and O–H groups in total. The van der Waals surface area contributed by atoms with Gasteiger partial charge in [0.05, 0.1) is 6.33 Å². The van der Waals surface area contributed by atoms with Crippen molar-refractivity contribution in [2.24, 2.45) is 5.92 Å². The van der Waals surface area contributed by atoms with Crippen molar-refractivity contribution in [3.05, 3.63) is 47.5 Å². The Labute approximate surface area is 162 Å². The standard InChI is InChI=1S/C19H21ClN6O/c20-15-4-2-1-3-13(15)9-21-19(27)12-5-7-14(8-6-12)26-18-16-17(23-10-22-16)24-11-25-18/h1-4,10-12,14H,5-9H2,(H,21,27)(H2,22,23,24,25,26). The summed E-state index contributed by atoms with van der Waals surface area (Å²) in [5, 5.41) is 7.16. The largest absolute Gasteiger partial charge is 0.365 e. The van der Waals surface area contributed by atoms with Crippen molar-refractivity contribution in [1.82, 2.24) is 25.3 Å². The Balaban J connectivity index is 1.29. The highest BCUT2D eigenvalue weighted by atomic mass is 35.5.